The third kappa shape index (κ3) is 3.83. The molecule has 1 saturated carbocycles. The zero-order valence-corrected chi connectivity index (χ0v) is 19.1. The molecule has 2 heterocycles. The summed E-state index contributed by atoms with van der Waals surface area (Å²) in [6, 6.07) is 8.29. The average molecular weight is 473 g/mol. The highest BCUT2D eigenvalue weighted by Crippen LogP contribution is 2.60. The molecule has 5 rings (SSSR count). The highest BCUT2D eigenvalue weighted by atomic mass is 19.3. The number of benzene rings is 2. The van der Waals surface area contributed by atoms with E-state index in [0.29, 0.717) is 48.1 Å². The SMILES string of the molecule is COc1cc(C)c2[nH]cc(F)c2c1CN1CCC2(CC1c1ccc(C(=O)O)cc1)CC(F)(F)C2. The number of nitrogens with one attached hydrogen (secondary N) is 1. The number of rotatable bonds is 5. The summed E-state index contributed by atoms with van der Waals surface area (Å²) < 4.78 is 48.2. The first-order valence-electron chi connectivity index (χ1n) is 11.4. The number of nitrogens with zero attached hydrogens (tertiary/aromatic N) is 1. The fraction of sp³-hybridized carbons (Fsp3) is 0.423. The number of likely N-dealkylation sites (tertiary alicyclic amines) is 1. The van der Waals surface area contributed by atoms with Crippen LogP contribution >= 0.6 is 0 Å². The Labute approximate surface area is 195 Å². The lowest BCUT2D eigenvalue weighted by molar-refractivity contribution is -0.186. The van der Waals surface area contributed by atoms with Gasteiger partial charge >= 0.3 is 5.97 Å². The summed E-state index contributed by atoms with van der Waals surface area (Å²) in [6.45, 7) is 2.84. The largest absolute Gasteiger partial charge is 0.496 e. The van der Waals surface area contributed by atoms with Crippen molar-refractivity contribution in [3.8, 4) is 5.75 Å². The number of carboxylic acid groups (broad SMARTS) is 1. The van der Waals surface area contributed by atoms with Crippen LogP contribution in [0.2, 0.25) is 0 Å². The van der Waals surface area contributed by atoms with Crippen LogP contribution in [0, 0.1) is 18.2 Å². The monoisotopic (exact) mass is 472 g/mol. The van der Waals surface area contributed by atoms with Gasteiger partial charge in [-0.3, -0.25) is 4.90 Å². The van der Waals surface area contributed by atoms with E-state index in [2.05, 4.69) is 9.88 Å². The molecular formula is C26H27F3N2O3. The molecule has 2 fully saturated rings. The number of aromatic amines is 1. The quantitative estimate of drug-likeness (QED) is 0.473. The van der Waals surface area contributed by atoms with Gasteiger partial charge in [-0.15, -0.1) is 0 Å². The van der Waals surface area contributed by atoms with Crippen molar-refractivity contribution >= 4 is 16.9 Å². The van der Waals surface area contributed by atoms with Crippen molar-refractivity contribution in [3.63, 3.8) is 0 Å². The standard InChI is InChI=1S/C26H27F3N2O3/c1-15-9-21(34-2)18(22-19(27)11-30-23(15)22)12-31-8-7-25(13-26(28,29)14-25)10-20(31)16-3-5-17(6-4-16)24(32)33/h3-6,9,11,20,30H,7-8,10,12-14H2,1-2H3,(H,32,33). The normalized spacial score (nSPS) is 21.5. The molecule has 34 heavy (non-hydrogen) atoms. The van der Waals surface area contributed by atoms with E-state index >= 15 is 0 Å². The topological polar surface area (TPSA) is 65.6 Å². The van der Waals surface area contributed by atoms with E-state index in [1.165, 1.54) is 6.20 Å². The van der Waals surface area contributed by atoms with Crippen LogP contribution in [0.15, 0.2) is 36.5 Å². The number of aryl methyl sites for hydroxylation is 1. The van der Waals surface area contributed by atoms with Crippen molar-refractivity contribution in [2.45, 2.75) is 51.1 Å². The Morgan fingerprint density at radius 3 is 2.59 bits per heavy atom. The minimum atomic E-state index is -2.62. The molecule has 1 saturated heterocycles. The van der Waals surface area contributed by atoms with Gasteiger partial charge in [-0.1, -0.05) is 12.1 Å². The zero-order valence-electron chi connectivity index (χ0n) is 19.1. The van der Waals surface area contributed by atoms with Crippen molar-refractivity contribution in [1.82, 2.24) is 9.88 Å². The Bertz CT molecular complexity index is 1240. The summed E-state index contributed by atoms with van der Waals surface area (Å²) >= 11 is 0. The van der Waals surface area contributed by atoms with E-state index in [9.17, 15) is 23.1 Å². The summed E-state index contributed by atoms with van der Waals surface area (Å²) in [5, 5.41) is 9.74. The van der Waals surface area contributed by atoms with Gasteiger partial charge in [0, 0.05) is 42.6 Å². The fourth-order valence-electron chi connectivity index (χ4n) is 5.94. The van der Waals surface area contributed by atoms with E-state index < -0.39 is 17.3 Å². The summed E-state index contributed by atoms with van der Waals surface area (Å²) in [6.07, 6.45) is 2.27. The summed E-state index contributed by atoms with van der Waals surface area (Å²) in [7, 11) is 1.55. The second kappa shape index (κ2) is 8.05. The molecule has 1 atom stereocenters. The van der Waals surface area contributed by atoms with Crippen molar-refractivity contribution in [1.29, 1.82) is 0 Å². The van der Waals surface area contributed by atoms with Gasteiger partial charge in [-0.05, 0) is 61.1 Å². The number of carboxylic acids is 1. The highest BCUT2D eigenvalue weighted by molar-refractivity contribution is 5.89. The van der Waals surface area contributed by atoms with E-state index in [4.69, 9.17) is 4.74 Å². The van der Waals surface area contributed by atoms with Crippen LogP contribution in [0.3, 0.4) is 0 Å². The van der Waals surface area contributed by atoms with Crippen LogP contribution in [-0.4, -0.2) is 40.5 Å². The highest BCUT2D eigenvalue weighted by Gasteiger charge is 2.58. The molecule has 2 aromatic carbocycles. The van der Waals surface area contributed by atoms with Gasteiger partial charge in [0.05, 0.1) is 18.2 Å². The second-order valence-corrected chi connectivity index (χ2v) is 9.84. The van der Waals surface area contributed by atoms with Crippen LogP contribution < -0.4 is 4.74 Å². The van der Waals surface area contributed by atoms with Gasteiger partial charge in [0.2, 0.25) is 5.92 Å². The maximum absolute atomic E-state index is 14.8. The number of carbonyl (C=O) groups is 1. The first kappa shape index (κ1) is 22.8. The minimum absolute atomic E-state index is 0.123. The number of piperidine rings is 1. The molecule has 180 valence electrons. The molecule has 0 amide bonds. The van der Waals surface area contributed by atoms with Crippen molar-refractivity contribution in [2.24, 2.45) is 5.41 Å². The number of ether oxygens (including phenoxy) is 1. The van der Waals surface area contributed by atoms with Crippen molar-refractivity contribution in [3.05, 3.63) is 64.6 Å². The van der Waals surface area contributed by atoms with Gasteiger partial charge in [0.1, 0.15) is 11.6 Å². The molecule has 3 aromatic rings. The van der Waals surface area contributed by atoms with Crippen LogP contribution in [-0.2, 0) is 6.54 Å². The molecule has 1 aliphatic carbocycles. The zero-order chi connectivity index (χ0) is 24.3. The van der Waals surface area contributed by atoms with Crippen LogP contribution in [0.4, 0.5) is 13.2 Å². The molecule has 0 radical (unpaired) electrons. The number of alkyl halides is 2. The summed E-state index contributed by atoms with van der Waals surface area (Å²) in [4.78, 5) is 16.5. The van der Waals surface area contributed by atoms with E-state index in [1.807, 2.05) is 13.0 Å². The lowest BCUT2D eigenvalue weighted by Crippen LogP contribution is -2.53. The molecule has 1 spiro atoms. The number of methoxy groups -OCH3 is 1. The Morgan fingerprint density at radius 1 is 1.26 bits per heavy atom. The van der Waals surface area contributed by atoms with E-state index in [0.717, 1.165) is 11.1 Å². The van der Waals surface area contributed by atoms with Crippen molar-refractivity contribution in [2.75, 3.05) is 13.7 Å². The lowest BCUT2D eigenvalue weighted by atomic mass is 9.59. The number of aromatic nitrogens is 1. The smallest absolute Gasteiger partial charge is 0.335 e. The van der Waals surface area contributed by atoms with Gasteiger partial charge in [-0.2, -0.15) is 0 Å². The molecule has 1 aliphatic heterocycles. The van der Waals surface area contributed by atoms with Gasteiger partial charge in [0.15, 0.2) is 0 Å². The molecular weight excluding hydrogens is 445 g/mol. The molecule has 5 nitrogen and oxygen atoms in total. The Kier molecular flexibility index (Phi) is 5.39. The molecule has 2 aliphatic rings. The Balaban J connectivity index is 1.53. The number of aromatic carboxylic acids is 1. The Morgan fingerprint density at radius 2 is 1.97 bits per heavy atom. The molecule has 1 unspecified atom stereocenters. The number of H-pyrrole nitrogens is 1. The fourth-order valence-corrected chi connectivity index (χ4v) is 5.94. The van der Waals surface area contributed by atoms with Crippen molar-refractivity contribution < 1.29 is 27.8 Å². The van der Waals surface area contributed by atoms with Crippen LogP contribution in [0.25, 0.3) is 10.9 Å². The average Bonchev–Trinajstić information content (AvgIpc) is 3.17. The second-order valence-electron chi connectivity index (χ2n) is 9.84. The number of hydrogen-bond donors (Lipinski definition) is 2. The van der Waals surface area contributed by atoms with Gasteiger partial charge in [-0.25, -0.2) is 18.0 Å². The number of hydrogen-bond acceptors (Lipinski definition) is 3. The van der Waals surface area contributed by atoms with Crippen LogP contribution in [0.5, 0.6) is 5.75 Å². The Hall–Kier alpha value is -3.00. The van der Waals surface area contributed by atoms with Crippen LogP contribution in [0.1, 0.15) is 58.8 Å². The number of halogens is 3. The van der Waals surface area contributed by atoms with Gasteiger partial charge < -0.3 is 14.8 Å². The molecule has 8 heteroatoms. The maximum Gasteiger partial charge on any atom is 0.335 e. The maximum atomic E-state index is 14.8. The predicted octanol–water partition coefficient (Wildman–Crippen LogP) is 6.07. The molecule has 2 N–H and O–H groups in total. The third-order valence-corrected chi connectivity index (χ3v) is 7.56. The number of fused-ring (bicyclic) bond motifs is 1. The van der Waals surface area contributed by atoms with E-state index in [1.54, 1.807) is 31.4 Å². The third-order valence-electron chi connectivity index (χ3n) is 7.56. The summed E-state index contributed by atoms with van der Waals surface area (Å²) in [5.74, 6) is -3.42. The molecule has 1 aromatic heterocycles. The first-order chi connectivity index (χ1) is 16.1. The molecule has 0 bridgehead atoms. The lowest BCUT2D eigenvalue weighted by Gasteiger charge is -2.54. The van der Waals surface area contributed by atoms with E-state index in [-0.39, 0.29) is 30.3 Å². The minimum Gasteiger partial charge on any atom is -0.496 e. The predicted molar refractivity (Wildman–Crippen MR) is 122 cm³/mol. The first-order valence-corrected chi connectivity index (χ1v) is 11.4. The van der Waals surface area contributed by atoms with Gasteiger partial charge in [0.25, 0.3) is 0 Å². The summed E-state index contributed by atoms with van der Waals surface area (Å²) in [5.41, 5.74) is 2.91.